The van der Waals surface area contributed by atoms with Crippen molar-refractivity contribution in [3.8, 4) is 0 Å². The SMILES string of the molecule is Cc1c(P(O)O)ccc(C(C)(C)c2ccc(P(O)O)c(C)c2C)c1C. The van der Waals surface area contributed by atoms with Crippen molar-refractivity contribution in [2.75, 3.05) is 0 Å². The van der Waals surface area contributed by atoms with Gasteiger partial charge in [0.05, 0.1) is 0 Å². The Labute approximate surface area is 152 Å². The van der Waals surface area contributed by atoms with Gasteiger partial charge >= 0.3 is 0 Å². The first-order valence-electron chi connectivity index (χ1n) is 8.07. The van der Waals surface area contributed by atoms with Crippen molar-refractivity contribution in [2.24, 2.45) is 0 Å². The third-order valence-electron chi connectivity index (χ3n) is 5.29. The molecule has 0 aromatic heterocycles. The first-order valence-corrected chi connectivity index (χ1v) is 10.6. The fourth-order valence-corrected chi connectivity index (χ4v) is 4.90. The molecule has 0 bridgehead atoms. The Balaban J connectivity index is 2.64. The highest BCUT2D eigenvalue weighted by atomic mass is 31.2. The van der Waals surface area contributed by atoms with Crippen molar-refractivity contribution in [1.29, 1.82) is 0 Å². The van der Waals surface area contributed by atoms with Gasteiger partial charge in [0.2, 0.25) is 0 Å². The molecule has 6 heteroatoms. The predicted octanol–water partition coefficient (Wildman–Crippen LogP) is 3.09. The monoisotopic (exact) mass is 380 g/mol. The third kappa shape index (κ3) is 3.66. The van der Waals surface area contributed by atoms with Crippen LogP contribution in [0.5, 0.6) is 0 Å². The van der Waals surface area contributed by atoms with Gasteiger partial charge in [-0.1, -0.05) is 26.0 Å². The molecule has 0 aliphatic heterocycles. The molecule has 0 aliphatic rings. The molecule has 2 rings (SSSR count). The van der Waals surface area contributed by atoms with Crippen molar-refractivity contribution in [1.82, 2.24) is 0 Å². The standard InChI is InChI=1S/C19H26O4P2/c1-11-13(3)17(24(20)21)9-7-15(11)19(5,6)16-8-10-18(25(22)23)14(4)12(16)2/h7-10,20-23H,1-6H3. The molecule has 4 nitrogen and oxygen atoms in total. The lowest BCUT2D eigenvalue weighted by atomic mass is 9.73. The maximum Gasteiger partial charge on any atom is 0.199 e. The van der Waals surface area contributed by atoms with Crippen molar-refractivity contribution >= 4 is 27.4 Å². The number of hydrogen-bond donors (Lipinski definition) is 4. The Hall–Kier alpha value is -0.860. The first kappa shape index (κ1) is 20.5. The molecule has 0 aliphatic carbocycles. The van der Waals surface area contributed by atoms with E-state index in [1.165, 1.54) is 0 Å². The normalized spacial score (nSPS) is 12.3. The Kier molecular flexibility index (Phi) is 6.06. The highest BCUT2D eigenvalue weighted by Crippen LogP contribution is 2.39. The smallest absolute Gasteiger partial charge is 0.199 e. The molecule has 25 heavy (non-hydrogen) atoms. The maximum atomic E-state index is 9.58. The van der Waals surface area contributed by atoms with Gasteiger partial charge in [0.25, 0.3) is 0 Å². The second-order valence-corrected chi connectivity index (χ2v) is 9.09. The average Bonchev–Trinajstić information content (AvgIpc) is 2.51. The van der Waals surface area contributed by atoms with E-state index in [4.69, 9.17) is 0 Å². The quantitative estimate of drug-likeness (QED) is 0.615. The van der Waals surface area contributed by atoms with Crippen molar-refractivity contribution < 1.29 is 19.6 Å². The van der Waals surface area contributed by atoms with Crippen LogP contribution in [0.3, 0.4) is 0 Å². The van der Waals surface area contributed by atoms with E-state index in [9.17, 15) is 19.6 Å². The summed E-state index contributed by atoms with van der Waals surface area (Å²) in [6, 6.07) is 7.52. The summed E-state index contributed by atoms with van der Waals surface area (Å²) in [7, 11) is -4.22. The molecule has 0 saturated heterocycles. The van der Waals surface area contributed by atoms with Gasteiger partial charge in [0.1, 0.15) is 0 Å². The summed E-state index contributed by atoms with van der Waals surface area (Å²) in [5.41, 5.74) is 5.84. The third-order valence-corrected chi connectivity index (χ3v) is 7.13. The molecule has 0 atom stereocenters. The summed E-state index contributed by atoms with van der Waals surface area (Å²) >= 11 is 0. The minimum absolute atomic E-state index is 0.303. The van der Waals surface area contributed by atoms with Crippen molar-refractivity contribution in [3.05, 3.63) is 57.6 Å². The number of benzene rings is 2. The van der Waals surface area contributed by atoms with E-state index >= 15 is 0 Å². The minimum atomic E-state index is -2.11. The second-order valence-electron chi connectivity index (χ2n) is 6.97. The van der Waals surface area contributed by atoms with Crippen LogP contribution in [0, 0.1) is 27.7 Å². The minimum Gasteiger partial charge on any atom is -0.347 e. The summed E-state index contributed by atoms with van der Waals surface area (Å²) in [5, 5.41) is 1.17. The number of hydrogen-bond acceptors (Lipinski definition) is 4. The predicted molar refractivity (Wildman–Crippen MR) is 106 cm³/mol. The van der Waals surface area contributed by atoms with E-state index in [1.54, 1.807) is 12.1 Å². The van der Waals surface area contributed by atoms with Gasteiger partial charge in [0.15, 0.2) is 16.8 Å². The maximum absolute atomic E-state index is 9.58. The Bertz CT molecular complexity index is 733. The summed E-state index contributed by atoms with van der Waals surface area (Å²) < 4.78 is 0. The van der Waals surface area contributed by atoms with Gasteiger partial charge in [-0.05, 0) is 73.2 Å². The highest BCUT2D eigenvalue weighted by Gasteiger charge is 2.29. The average molecular weight is 380 g/mol. The largest absolute Gasteiger partial charge is 0.347 e. The summed E-state index contributed by atoms with van der Waals surface area (Å²) in [5.74, 6) is 0. The van der Waals surface area contributed by atoms with E-state index in [1.807, 2.05) is 39.8 Å². The molecule has 136 valence electrons. The van der Waals surface area contributed by atoms with Gasteiger partial charge < -0.3 is 19.6 Å². The van der Waals surface area contributed by atoms with Crippen molar-refractivity contribution in [2.45, 2.75) is 47.0 Å². The highest BCUT2D eigenvalue weighted by molar-refractivity contribution is 7.54. The van der Waals surface area contributed by atoms with Gasteiger partial charge in [-0.25, -0.2) is 0 Å². The van der Waals surface area contributed by atoms with E-state index in [0.717, 1.165) is 33.4 Å². The summed E-state index contributed by atoms with van der Waals surface area (Å²) in [6.45, 7) is 12.1. The van der Waals surface area contributed by atoms with Crippen LogP contribution >= 0.6 is 16.8 Å². The van der Waals surface area contributed by atoms with Crippen LogP contribution in [0.15, 0.2) is 24.3 Å². The zero-order valence-corrected chi connectivity index (χ0v) is 17.3. The van der Waals surface area contributed by atoms with Crippen LogP contribution in [0.2, 0.25) is 0 Å². The molecule has 0 radical (unpaired) electrons. The van der Waals surface area contributed by atoms with Crippen LogP contribution in [0.4, 0.5) is 0 Å². The molecule has 0 unspecified atom stereocenters. The van der Waals surface area contributed by atoms with Gasteiger partial charge in [-0.15, -0.1) is 0 Å². The lowest BCUT2D eigenvalue weighted by molar-refractivity contribution is 0.495. The molecule has 2 aromatic carbocycles. The molecule has 0 amide bonds. The van der Waals surface area contributed by atoms with Crippen LogP contribution in [0.1, 0.15) is 47.2 Å². The molecular weight excluding hydrogens is 354 g/mol. The molecule has 0 fully saturated rings. The zero-order chi connectivity index (χ0) is 19.1. The van der Waals surface area contributed by atoms with Gasteiger partial charge in [-0.2, -0.15) is 0 Å². The van der Waals surface area contributed by atoms with Crippen molar-refractivity contribution in [3.63, 3.8) is 0 Å². The second kappa shape index (κ2) is 7.40. The molecule has 0 heterocycles. The van der Waals surface area contributed by atoms with Gasteiger partial charge in [-0.3, -0.25) is 0 Å². The fourth-order valence-electron chi connectivity index (χ4n) is 3.55. The van der Waals surface area contributed by atoms with Crippen LogP contribution < -0.4 is 10.6 Å². The lowest BCUT2D eigenvalue weighted by Crippen LogP contribution is -2.25. The molecule has 2 aromatic rings. The molecule has 4 N–H and O–H groups in total. The lowest BCUT2D eigenvalue weighted by Gasteiger charge is -2.32. The molecule has 0 saturated carbocycles. The Morgan fingerprint density at radius 3 is 1.20 bits per heavy atom. The van der Waals surface area contributed by atoms with E-state index in [0.29, 0.717) is 10.6 Å². The molecular formula is C19H26O4P2. The van der Waals surface area contributed by atoms with E-state index in [-0.39, 0.29) is 5.41 Å². The zero-order valence-electron chi connectivity index (χ0n) is 15.5. The van der Waals surface area contributed by atoms with Crippen LogP contribution in [-0.4, -0.2) is 19.6 Å². The fraction of sp³-hybridized carbons (Fsp3) is 0.368. The Morgan fingerprint density at radius 1 is 0.600 bits per heavy atom. The Morgan fingerprint density at radius 2 is 0.920 bits per heavy atom. The van der Waals surface area contributed by atoms with E-state index < -0.39 is 16.8 Å². The number of rotatable bonds is 4. The van der Waals surface area contributed by atoms with Gasteiger partial charge in [0, 0.05) is 16.0 Å². The first-order chi connectivity index (χ1) is 11.5. The van der Waals surface area contributed by atoms with Crippen LogP contribution in [-0.2, 0) is 5.41 Å². The van der Waals surface area contributed by atoms with E-state index in [2.05, 4.69) is 13.8 Å². The van der Waals surface area contributed by atoms with Crippen LogP contribution in [0.25, 0.3) is 0 Å². The topological polar surface area (TPSA) is 80.9 Å². The summed E-state index contributed by atoms with van der Waals surface area (Å²) in [4.78, 5) is 38.3. The summed E-state index contributed by atoms with van der Waals surface area (Å²) in [6.07, 6.45) is 0. The molecule has 0 spiro atoms.